The van der Waals surface area contributed by atoms with Gasteiger partial charge < -0.3 is 4.74 Å². The topological polar surface area (TPSA) is 34.5 Å². The van der Waals surface area contributed by atoms with Crippen LogP contribution in [0.4, 0.5) is 0 Å². The van der Waals surface area contributed by atoms with E-state index in [1.807, 2.05) is 12.1 Å². The second-order valence-electron chi connectivity index (χ2n) is 3.91. The predicted octanol–water partition coefficient (Wildman–Crippen LogP) is 3.53. The number of ether oxygens (including phenoxy) is 1. The quantitative estimate of drug-likeness (QED) is 0.532. The molecule has 1 aromatic rings. The zero-order valence-electron chi connectivity index (χ0n) is 10.6. The van der Waals surface area contributed by atoms with Crippen LogP contribution in [0.1, 0.15) is 32.3 Å². The Labute approximate surface area is 103 Å². The molecule has 0 saturated carbocycles. The third-order valence-corrected chi connectivity index (χ3v) is 2.78. The van der Waals surface area contributed by atoms with Crippen molar-refractivity contribution in [3.8, 4) is 0 Å². The van der Waals surface area contributed by atoms with E-state index < -0.39 is 0 Å². The zero-order valence-corrected chi connectivity index (χ0v) is 10.6. The molecular weight excluding hydrogens is 212 g/mol. The fourth-order valence-electron chi connectivity index (χ4n) is 1.52. The molecule has 0 aliphatic heterocycles. The van der Waals surface area contributed by atoms with Crippen LogP contribution in [0.2, 0.25) is 0 Å². The molecule has 0 aliphatic rings. The van der Waals surface area contributed by atoms with Gasteiger partial charge in [-0.2, -0.15) is 0 Å². The van der Waals surface area contributed by atoms with Crippen LogP contribution >= 0.6 is 0 Å². The molecule has 0 N–H and O–H groups in total. The van der Waals surface area contributed by atoms with Gasteiger partial charge in [0.1, 0.15) is 5.76 Å². The molecule has 3 nitrogen and oxygen atoms in total. The van der Waals surface area contributed by atoms with Crippen molar-refractivity contribution in [3.05, 3.63) is 36.3 Å². The molecule has 17 heavy (non-hydrogen) atoms. The van der Waals surface area contributed by atoms with Crippen molar-refractivity contribution >= 4 is 12.5 Å². The summed E-state index contributed by atoms with van der Waals surface area (Å²) in [6, 6.07) is 3.84. The van der Waals surface area contributed by atoms with E-state index >= 15 is 0 Å². The number of aliphatic imine (C=N–C) groups is 1. The lowest BCUT2D eigenvalue weighted by Gasteiger charge is -2.15. The van der Waals surface area contributed by atoms with E-state index in [1.54, 1.807) is 18.6 Å². The van der Waals surface area contributed by atoms with Gasteiger partial charge in [-0.1, -0.05) is 26.7 Å². The summed E-state index contributed by atoms with van der Waals surface area (Å²) < 4.78 is 5.80. The molecule has 1 heterocycles. The lowest BCUT2D eigenvalue weighted by Crippen LogP contribution is -2.07. The summed E-state index contributed by atoms with van der Waals surface area (Å²) in [6.45, 7) is 8.53. The van der Waals surface area contributed by atoms with E-state index in [1.165, 1.54) is 0 Å². The molecule has 0 atom stereocenters. The summed E-state index contributed by atoms with van der Waals surface area (Å²) in [7, 11) is 0. The number of nitrogens with zero attached hydrogens (tertiary/aromatic N) is 2. The minimum atomic E-state index is 0.583. The van der Waals surface area contributed by atoms with E-state index in [4.69, 9.17) is 4.74 Å². The van der Waals surface area contributed by atoms with Crippen molar-refractivity contribution in [2.75, 3.05) is 6.61 Å². The molecule has 0 fully saturated rings. The van der Waals surface area contributed by atoms with Gasteiger partial charge in [0.05, 0.1) is 12.8 Å². The largest absolute Gasteiger partial charge is 0.491 e. The van der Waals surface area contributed by atoms with Crippen molar-refractivity contribution < 1.29 is 4.74 Å². The molecule has 0 saturated heterocycles. The second-order valence-corrected chi connectivity index (χ2v) is 3.91. The number of aromatic nitrogens is 1. The van der Waals surface area contributed by atoms with Gasteiger partial charge in [0, 0.05) is 18.0 Å². The first-order chi connectivity index (χ1) is 8.31. The van der Waals surface area contributed by atoms with E-state index in [0.717, 1.165) is 24.2 Å². The van der Waals surface area contributed by atoms with Crippen molar-refractivity contribution in [1.29, 1.82) is 0 Å². The zero-order chi connectivity index (χ0) is 12.5. The van der Waals surface area contributed by atoms with Crippen molar-refractivity contribution in [2.45, 2.75) is 26.7 Å². The Kier molecular flexibility index (Phi) is 6.00. The SMILES string of the molecule is C=N/C=C(\OCC(CC)CC)c1cccnc1. The number of pyridine rings is 1. The van der Waals surface area contributed by atoms with Gasteiger partial charge in [-0.3, -0.25) is 9.98 Å². The highest BCUT2D eigenvalue weighted by Gasteiger charge is 2.07. The molecule has 0 bridgehead atoms. The van der Waals surface area contributed by atoms with Crippen LogP contribution in [0.3, 0.4) is 0 Å². The predicted molar refractivity (Wildman–Crippen MR) is 71.8 cm³/mol. The third-order valence-electron chi connectivity index (χ3n) is 2.78. The molecule has 0 radical (unpaired) electrons. The van der Waals surface area contributed by atoms with Crippen LogP contribution in [0, 0.1) is 5.92 Å². The normalized spacial score (nSPS) is 11.6. The minimum absolute atomic E-state index is 0.583. The smallest absolute Gasteiger partial charge is 0.146 e. The highest BCUT2D eigenvalue weighted by molar-refractivity contribution is 5.59. The van der Waals surface area contributed by atoms with E-state index in [-0.39, 0.29) is 0 Å². The first-order valence-corrected chi connectivity index (χ1v) is 6.01. The summed E-state index contributed by atoms with van der Waals surface area (Å²) in [5, 5.41) is 0. The summed E-state index contributed by atoms with van der Waals surface area (Å²) in [6.07, 6.45) is 7.39. The van der Waals surface area contributed by atoms with Gasteiger partial charge in [-0.25, -0.2) is 0 Å². The first-order valence-electron chi connectivity index (χ1n) is 6.01. The monoisotopic (exact) mass is 232 g/mol. The van der Waals surface area contributed by atoms with Gasteiger partial charge in [0.15, 0.2) is 0 Å². The van der Waals surface area contributed by atoms with E-state index in [9.17, 15) is 0 Å². The Morgan fingerprint density at radius 1 is 1.53 bits per heavy atom. The molecule has 0 aliphatic carbocycles. The molecule has 0 spiro atoms. The number of hydrogen-bond acceptors (Lipinski definition) is 3. The minimum Gasteiger partial charge on any atom is -0.491 e. The maximum atomic E-state index is 5.80. The van der Waals surface area contributed by atoms with E-state index in [0.29, 0.717) is 12.5 Å². The standard InChI is InChI=1S/C14H20N2O/c1-4-12(5-2)11-17-14(10-15-3)13-7-6-8-16-9-13/h6-10,12H,3-5,11H2,1-2H3/b14-10-. The molecular formula is C14H20N2O. The van der Waals surface area contributed by atoms with Crippen molar-refractivity contribution in [2.24, 2.45) is 10.9 Å². The Bertz CT molecular complexity index is 356. The molecule has 1 rings (SSSR count). The van der Waals surface area contributed by atoms with Crippen LogP contribution < -0.4 is 0 Å². The maximum Gasteiger partial charge on any atom is 0.146 e. The van der Waals surface area contributed by atoms with Gasteiger partial charge >= 0.3 is 0 Å². The number of rotatable bonds is 7. The first kappa shape index (κ1) is 13.4. The molecule has 3 heteroatoms. The van der Waals surface area contributed by atoms with Gasteiger partial charge in [0.25, 0.3) is 0 Å². The Hall–Kier alpha value is -1.64. The van der Waals surface area contributed by atoms with Crippen molar-refractivity contribution in [1.82, 2.24) is 4.98 Å². The molecule has 0 aromatic carbocycles. The van der Waals surface area contributed by atoms with Crippen molar-refractivity contribution in [3.63, 3.8) is 0 Å². The van der Waals surface area contributed by atoms with Gasteiger partial charge in [-0.05, 0) is 24.8 Å². The van der Waals surface area contributed by atoms with Crippen LogP contribution in [-0.2, 0) is 4.74 Å². The summed E-state index contributed by atoms with van der Waals surface area (Å²) in [5.41, 5.74) is 0.936. The Morgan fingerprint density at radius 3 is 2.82 bits per heavy atom. The van der Waals surface area contributed by atoms with Crippen LogP contribution in [0.25, 0.3) is 5.76 Å². The fraction of sp³-hybridized carbons (Fsp3) is 0.429. The second kappa shape index (κ2) is 7.60. The average Bonchev–Trinajstić information content (AvgIpc) is 2.39. The third kappa shape index (κ3) is 4.39. The molecule has 1 aromatic heterocycles. The summed E-state index contributed by atoms with van der Waals surface area (Å²) in [5.74, 6) is 1.32. The van der Waals surface area contributed by atoms with E-state index in [2.05, 4.69) is 30.5 Å². The molecule has 92 valence electrons. The molecule has 0 unspecified atom stereocenters. The average molecular weight is 232 g/mol. The van der Waals surface area contributed by atoms with Crippen LogP contribution in [0.15, 0.2) is 35.7 Å². The summed E-state index contributed by atoms with van der Waals surface area (Å²) in [4.78, 5) is 7.85. The maximum absolute atomic E-state index is 5.80. The highest BCUT2D eigenvalue weighted by Crippen LogP contribution is 2.18. The van der Waals surface area contributed by atoms with Gasteiger partial charge in [-0.15, -0.1) is 0 Å². The van der Waals surface area contributed by atoms with Gasteiger partial charge in [0.2, 0.25) is 0 Å². The molecule has 0 amide bonds. The Balaban J connectivity index is 2.69. The summed E-state index contributed by atoms with van der Waals surface area (Å²) >= 11 is 0. The number of hydrogen-bond donors (Lipinski definition) is 0. The Morgan fingerprint density at radius 2 is 2.29 bits per heavy atom. The highest BCUT2D eigenvalue weighted by atomic mass is 16.5. The lowest BCUT2D eigenvalue weighted by atomic mass is 10.1. The van der Waals surface area contributed by atoms with Crippen LogP contribution in [-0.4, -0.2) is 18.3 Å². The fourth-order valence-corrected chi connectivity index (χ4v) is 1.52. The van der Waals surface area contributed by atoms with Crippen LogP contribution in [0.5, 0.6) is 0 Å². The lowest BCUT2D eigenvalue weighted by molar-refractivity contribution is 0.209.